The molecular formula is C17H25ClN2O4. The van der Waals surface area contributed by atoms with Crippen LogP contribution in [0.3, 0.4) is 0 Å². The predicted molar refractivity (Wildman–Crippen MR) is 92.8 cm³/mol. The van der Waals surface area contributed by atoms with E-state index >= 15 is 0 Å². The molecule has 2 unspecified atom stereocenters. The SMILES string of the molecule is COC(CN)CC(=O)NC(c1ccc2c(c1)OCCO2)C1CC1.Cl. The van der Waals surface area contributed by atoms with E-state index in [1.165, 1.54) is 0 Å². The van der Waals surface area contributed by atoms with Gasteiger partial charge in [-0.25, -0.2) is 0 Å². The Morgan fingerprint density at radius 1 is 1.33 bits per heavy atom. The second-order valence-corrected chi connectivity index (χ2v) is 6.08. The van der Waals surface area contributed by atoms with Gasteiger partial charge in [0.05, 0.1) is 18.6 Å². The van der Waals surface area contributed by atoms with Crippen molar-refractivity contribution < 1.29 is 19.0 Å². The van der Waals surface area contributed by atoms with E-state index in [0.717, 1.165) is 29.9 Å². The van der Waals surface area contributed by atoms with Crippen molar-refractivity contribution in [1.82, 2.24) is 5.32 Å². The molecule has 1 aliphatic carbocycles. The van der Waals surface area contributed by atoms with Gasteiger partial charge in [-0.3, -0.25) is 4.79 Å². The average Bonchev–Trinajstić information content (AvgIpc) is 3.42. The van der Waals surface area contributed by atoms with Crippen LogP contribution < -0.4 is 20.5 Å². The topological polar surface area (TPSA) is 82.8 Å². The number of amides is 1. The number of methoxy groups -OCH3 is 1. The summed E-state index contributed by atoms with van der Waals surface area (Å²) in [6.45, 7) is 1.47. The summed E-state index contributed by atoms with van der Waals surface area (Å²) in [5, 5.41) is 3.13. The first kappa shape index (κ1) is 18.8. The van der Waals surface area contributed by atoms with Crippen molar-refractivity contribution in [2.24, 2.45) is 11.7 Å². The smallest absolute Gasteiger partial charge is 0.223 e. The summed E-state index contributed by atoms with van der Waals surface area (Å²) in [7, 11) is 1.57. The molecule has 1 saturated carbocycles. The van der Waals surface area contributed by atoms with Crippen LogP contribution in [0.25, 0.3) is 0 Å². The van der Waals surface area contributed by atoms with E-state index in [0.29, 0.717) is 25.7 Å². The third kappa shape index (κ3) is 4.53. The van der Waals surface area contributed by atoms with E-state index in [1.807, 2.05) is 18.2 Å². The lowest BCUT2D eigenvalue weighted by Crippen LogP contribution is -2.35. The molecular weight excluding hydrogens is 332 g/mol. The summed E-state index contributed by atoms with van der Waals surface area (Å²) >= 11 is 0. The van der Waals surface area contributed by atoms with Crippen molar-refractivity contribution in [3.8, 4) is 11.5 Å². The molecule has 1 aliphatic heterocycles. The van der Waals surface area contributed by atoms with Crippen LogP contribution in [0.15, 0.2) is 18.2 Å². The number of benzene rings is 1. The molecule has 1 heterocycles. The minimum atomic E-state index is -0.241. The molecule has 2 aliphatic rings. The van der Waals surface area contributed by atoms with Gasteiger partial charge >= 0.3 is 0 Å². The van der Waals surface area contributed by atoms with Crippen LogP contribution in [0.4, 0.5) is 0 Å². The highest BCUT2D eigenvalue weighted by molar-refractivity contribution is 5.85. The summed E-state index contributed by atoms with van der Waals surface area (Å²) in [6.07, 6.45) is 2.30. The normalized spacial score (nSPS) is 18.2. The lowest BCUT2D eigenvalue weighted by molar-refractivity contribution is -0.124. The van der Waals surface area contributed by atoms with E-state index < -0.39 is 0 Å². The van der Waals surface area contributed by atoms with Crippen LogP contribution >= 0.6 is 12.4 Å². The minimum Gasteiger partial charge on any atom is -0.486 e. The number of ether oxygens (including phenoxy) is 3. The minimum absolute atomic E-state index is 0. The van der Waals surface area contributed by atoms with E-state index in [9.17, 15) is 4.79 Å². The van der Waals surface area contributed by atoms with Gasteiger partial charge in [0.25, 0.3) is 0 Å². The van der Waals surface area contributed by atoms with Gasteiger partial charge in [-0.05, 0) is 36.5 Å². The number of carbonyl (C=O) groups is 1. The Hall–Kier alpha value is -1.50. The van der Waals surface area contributed by atoms with Gasteiger partial charge in [0, 0.05) is 13.7 Å². The molecule has 1 aromatic carbocycles. The average molecular weight is 357 g/mol. The van der Waals surface area contributed by atoms with Crippen LogP contribution in [0.2, 0.25) is 0 Å². The van der Waals surface area contributed by atoms with E-state index in [1.54, 1.807) is 7.11 Å². The van der Waals surface area contributed by atoms with Crippen molar-refractivity contribution >= 4 is 18.3 Å². The highest BCUT2D eigenvalue weighted by Crippen LogP contribution is 2.43. The first-order valence-corrected chi connectivity index (χ1v) is 8.13. The highest BCUT2D eigenvalue weighted by atomic mass is 35.5. The summed E-state index contributed by atoms with van der Waals surface area (Å²) in [5.41, 5.74) is 6.65. The molecule has 3 rings (SSSR count). The third-order valence-electron chi connectivity index (χ3n) is 4.34. The zero-order chi connectivity index (χ0) is 16.2. The van der Waals surface area contributed by atoms with Crippen molar-refractivity contribution in [3.05, 3.63) is 23.8 Å². The first-order chi connectivity index (χ1) is 11.2. The van der Waals surface area contributed by atoms with Crippen LogP contribution in [-0.2, 0) is 9.53 Å². The molecule has 3 N–H and O–H groups in total. The Morgan fingerprint density at radius 3 is 2.67 bits per heavy atom. The molecule has 1 fully saturated rings. The van der Waals surface area contributed by atoms with Crippen molar-refractivity contribution in [1.29, 1.82) is 0 Å². The van der Waals surface area contributed by atoms with E-state index in [2.05, 4.69) is 5.32 Å². The summed E-state index contributed by atoms with van der Waals surface area (Å²) in [6, 6.07) is 5.92. The maximum atomic E-state index is 12.3. The molecule has 0 spiro atoms. The summed E-state index contributed by atoms with van der Waals surface area (Å²) in [4.78, 5) is 12.3. The van der Waals surface area contributed by atoms with Gasteiger partial charge in [-0.1, -0.05) is 6.07 Å². The number of hydrogen-bond acceptors (Lipinski definition) is 5. The lowest BCUT2D eigenvalue weighted by atomic mass is 10.0. The number of rotatable bonds is 7. The maximum absolute atomic E-state index is 12.3. The molecule has 6 nitrogen and oxygen atoms in total. The Kier molecular flexibility index (Phi) is 6.71. The summed E-state index contributed by atoms with van der Waals surface area (Å²) < 4.78 is 16.4. The van der Waals surface area contributed by atoms with Crippen LogP contribution in [-0.4, -0.2) is 38.9 Å². The fourth-order valence-electron chi connectivity index (χ4n) is 2.86. The molecule has 7 heteroatoms. The fourth-order valence-corrected chi connectivity index (χ4v) is 2.86. The second kappa shape index (κ2) is 8.55. The molecule has 0 bridgehead atoms. The third-order valence-corrected chi connectivity index (χ3v) is 4.34. The zero-order valence-electron chi connectivity index (χ0n) is 13.8. The maximum Gasteiger partial charge on any atom is 0.223 e. The molecule has 1 aromatic rings. The van der Waals surface area contributed by atoms with Crippen molar-refractivity contribution in [2.45, 2.75) is 31.4 Å². The summed E-state index contributed by atoms with van der Waals surface area (Å²) in [5.74, 6) is 1.98. The number of carbonyl (C=O) groups excluding carboxylic acids is 1. The molecule has 134 valence electrons. The van der Waals surface area contributed by atoms with Crippen molar-refractivity contribution in [2.75, 3.05) is 26.9 Å². The first-order valence-electron chi connectivity index (χ1n) is 8.13. The van der Waals surface area contributed by atoms with Gasteiger partial charge in [-0.15, -0.1) is 12.4 Å². The number of fused-ring (bicyclic) bond motifs is 1. The number of hydrogen-bond donors (Lipinski definition) is 2. The Balaban J connectivity index is 0.00000208. The van der Waals surface area contributed by atoms with Gasteiger partial charge in [-0.2, -0.15) is 0 Å². The molecule has 1 amide bonds. The number of halogens is 1. The predicted octanol–water partition coefficient (Wildman–Crippen LogP) is 1.81. The standard InChI is InChI=1S/C17H24N2O4.ClH/c1-21-13(10-18)9-16(20)19-17(11-2-3-11)12-4-5-14-15(8-12)23-7-6-22-14;/h4-5,8,11,13,17H,2-3,6-7,9-10,18H2,1H3,(H,19,20);1H. The molecule has 2 atom stereocenters. The molecule has 0 saturated heterocycles. The van der Waals surface area contributed by atoms with Gasteiger partial charge in [0.2, 0.25) is 5.91 Å². The Labute approximate surface area is 148 Å². The molecule has 0 aromatic heterocycles. The zero-order valence-corrected chi connectivity index (χ0v) is 14.6. The van der Waals surface area contributed by atoms with Gasteiger partial charge in [0.15, 0.2) is 11.5 Å². The second-order valence-electron chi connectivity index (χ2n) is 6.08. The molecule has 24 heavy (non-hydrogen) atoms. The largest absolute Gasteiger partial charge is 0.486 e. The Bertz CT molecular complexity index is 562. The fraction of sp³-hybridized carbons (Fsp3) is 0.588. The van der Waals surface area contributed by atoms with Crippen LogP contribution in [0.5, 0.6) is 11.5 Å². The molecule has 0 radical (unpaired) electrons. The monoisotopic (exact) mass is 356 g/mol. The highest BCUT2D eigenvalue weighted by Gasteiger charge is 2.34. The van der Waals surface area contributed by atoms with E-state index in [-0.39, 0.29) is 36.9 Å². The lowest BCUT2D eigenvalue weighted by Gasteiger charge is -2.23. The van der Waals surface area contributed by atoms with Crippen LogP contribution in [0, 0.1) is 5.92 Å². The van der Waals surface area contributed by atoms with Crippen LogP contribution in [0.1, 0.15) is 30.9 Å². The van der Waals surface area contributed by atoms with Gasteiger partial charge < -0.3 is 25.3 Å². The number of nitrogens with one attached hydrogen (secondary N) is 1. The van der Waals surface area contributed by atoms with Crippen molar-refractivity contribution in [3.63, 3.8) is 0 Å². The van der Waals surface area contributed by atoms with Gasteiger partial charge in [0.1, 0.15) is 13.2 Å². The quantitative estimate of drug-likeness (QED) is 0.778. The Morgan fingerprint density at radius 2 is 2.04 bits per heavy atom. The number of nitrogens with two attached hydrogens (primary N) is 1. The van der Waals surface area contributed by atoms with E-state index in [4.69, 9.17) is 19.9 Å².